The lowest BCUT2D eigenvalue weighted by molar-refractivity contribution is -0.116. The number of rotatable bonds is 4. The normalized spacial score (nSPS) is 10.9. The molecule has 0 aromatic carbocycles. The van der Waals surface area contributed by atoms with Gasteiger partial charge in [0.15, 0.2) is 0 Å². The molecule has 0 atom stereocenters. The van der Waals surface area contributed by atoms with Crippen LogP contribution in [0.25, 0.3) is 0 Å². The Labute approximate surface area is 68.7 Å². The molecule has 2 nitrogen and oxygen atoms in total. The second-order valence-electron chi connectivity index (χ2n) is 2.89. The van der Waals surface area contributed by atoms with Crippen molar-refractivity contribution < 1.29 is 4.79 Å². The zero-order chi connectivity index (χ0) is 8.69. The summed E-state index contributed by atoms with van der Waals surface area (Å²) < 4.78 is 0. The molecule has 0 aliphatic carbocycles. The van der Waals surface area contributed by atoms with Crippen molar-refractivity contribution in [2.45, 2.75) is 27.2 Å². The van der Waals surface area contributed by atoms with E-state index in [4.69, 9.17) is 0 Å². The van der Waals surface area contributed by atoms with Crippen molar-refractivity contribution in [3.63, 3.8) is 0 Å². The molecule has 0 radical (unpaired) electrons. The Morgan fingerprint density at radius 1 is 1.55 bits per heavy atom. The Morgan fingerprint density at radius 2 is 2.18 bits per heavy atom. The van der Waals surface area contributed by atoms with E-state index in [0.29, 0.717) is 5.92 Å². The van der Waals surface area contributed by atoms with Crippen molar-refractivity contribution in [3.05, 3.63) is 12.2 Å². The van der Waals surface area contributed by atoms with Crippen molar-refractivity contribution in [1.29, 1.82) is 0 Å². The first-order valence-corrected chi connectivity index (χ1v) is 4.12. The third-order valence-corrected chi connectivity index (χ3v) is 1.18. The molecule has 64 valence electrons. The van der Waals surface area contributed by atoms with E-state index in [1.807, 2.05) is 26.8 Å². The van der Waals surface area contributed by atoms with E-state index in [1.165, 1.54) is 0 Å². The SMILES string of the molecule is CCCNC(=O)C=CC(C)C. The van der Waals surface area contributed by atoms with Gasteiger partial charge >= 0.3 is 0 Å². The third kappa shape index (κ3) is 7.10. The molecule has 0 saturated heterocycles. The molecule has 0 rings (SSSR count). The second kappa shape index (κ2) is 5.96. The maximum atomic E-state index is 10.9. The van der Waals surface area contributed by atoms with E-state index < -0.39 is 0 Å². The number of hydrogen-bond acceptors (Lipinski definition) is 1. The average molecular weight is 155 g/mol. The van der Waals surface area contributed by atoms with Gasteiger partial charge in [0.1, 0.15) is 0 Å². The fraction of sp³-hybridized carbons (Fsp3) is 0.667. The van der Waals surface area contributed by atoms with Crippen molar-refractivity contribution >= 4 is 5.91 Å². The van der Waals surface area contributed by atoms with Gasteiger partial charge in [-0.3, -0.25) is 4.79 Å². The first kappa shape index (κ1) is 10.2. The molecule has 0 spiro atoms. The molecule has 11 heavy (non-hydrogen) atoms. The van der Waals surface area contributed by atoms with Crippen molar-refractivity contribution in [3.8, 4) is 0 Å². The summed E-state index contributed by atoms with van der Waals surface area (Å²) in [6, 6.07) is 0. The van der Waals surface area contributed by atoms with Crippen LogP contribution in [-0.4, -0.2) is 12.5 Å². The van der Waals surface area contributed by atoms with Gasteiger partial charge in [0.25, 0.3) is 0 Å². The van der Waals surface area contributed by atoms with Gasteiger partial charge in [0, 0.05) is 6.54 Å². The quantitative estimate of drug-likeness (QED) is 0.615. The Hall–Kier alpha value is -0.790. The van der Waals surface area contributed by atoms with E-state index >= 15 is 0 Å². The average Bonchev–Trinajstić information content (AvgIpc) is 1.97. The fourth-order valence-corrected chi connectivity index (χ4v) is 0.587. The van der Waals surface area contributed by atoms with Crippen LogP contribution in [0.2, 0.25) is 0 Å². The molecule has 0 aliphatic rings. The predicted molar refractivity (Wildman–Crippen MR) is 47.3 cm³/mol. The van der Waals surface area contributed by atoms with Crippen molar-refractivity contribution in [2.75, 3.05) is 6.54 Å². The van der Waals surface area contributed by atoms with Gasteiger partial charge in [-0.05, 0) is 18.4 Å². The minimum absolute atomic E-state index is 0.0144. The molecule has 0 fully saturated rings. The highest BCUT2D eigenvalue weighted by Crippen LogP contribution is 1.92. The van der Waals surface area contributed by atoms with Gasteiger partial charge in [-0.1, -0.05) is 26.8 Å². The summed E-state index contributed by atoms with van der Waals surface area (Å²) in [6.45, 7) is 6.89. The van der Waals surface area contributed by atoms with Crippen LogP contribution < -0.4 is 5.32 Å². The predicted octanol–water partition coefficient (Wildman–Crippen LogP) is 1.72. The highest BCUT2D eigenvalue weighted by atomic mass is 16.1. The maximum Gasteiger partial charge on any atom is 0.243 e. The standard InChI is InChI=1S/C9H17NO/c1-4-7-10-9(11)6-5-8(2)3/h5-6,8H,4,7H2,1-3H3,(H,10,11). The lowest BCUT2D eigenvalue weighted by Gasteiger charge is -1.97. The number of carbonyl (C=O) groups excluding carboxylic acids is 1. The molecule has 1 amide bonds. The Balaban J connectivity index is 3.51. The van der Waals surface area contributed by atoms with E-state index in [9.17, 15) is 4.79 Å². The van der Waals surface area contributed by atoms with Gasteiger partial charge in [-0.25, -0.2) is 0 Å². The Bertz CT molecular complexity index is 138. The van der Waals surface area contributed by atoms with Gasteiger partial charge in [-0.2, -0.15) is 0 Å². The van der Waals surface area contributed by atoms with Crippen LogP contribution in [0.15, 0.2) is 12.2 Å². The molecule has 0 heterocycles. The van der Waals surface area contributed by atoms with Crippen LogP contribution in [0.5, 0.6) is 0 Å². The van der Waals surface area contributed by atoms with Crippen LogP contribution >= 0.6 is 0 Å². The summed E-state index contributed by atoms with van der Waals surface area (Å²) in [4.78, 5) is 10.9. The van der Waals surface area contributed by atoms with Gasteiger partial charge < -0.3 is 5.32 Å². The summed E-state index contributed by atoms with van der Waals surface area (Å²) in [6.07, 6.45) is 4.48. The highest BCUT2D eigenvalue weighted by molar-refractivity contribution is 5.87. The number of hydrogen-bond donors (Lipinski definition) is 1. The van der Waals surface area contributed by atoms with E-state index in [2.05, 4.69) is 5.32 Å². The fourth-order valence-electron chi connectivity index (χ4n) is 0.587. The topological polar surface area (TPSA) is 29.1 Å². The summed E-state index contributed by atoms with van der Waals surface area (Å²) in [7, 11) is 0. The number of amides is 1. The molecule has 0 aromatic rings. The third-order valence-electron chi connectivity index (χ3n) is 1.18. The first-order valence-electron chi connectivity index (χ1n) is 4.12. The largest absolute Gasteiger partial charge is 0.353 e. The Morgan fingerprint density at radius 3 is 2.64 bits per heavy atom. The van der Waals surface area contributed by atoms with Gasteiger partial charge in [-0.15, -0.1) is 0 Å². The van der Waals surface area contributed by atoms with Crippen LogP contribution in [-0.2, 0) is 4.79 Å². The lowest BCUT2D eigenvalue weighted by Crippen LogP contribution is -2.21. The summed E-state index contributed by atoms with van der Waals surface area (Å²) in [5.74, 6) is 0.461. The molecule has 0 unspecified atom stereocenters. The van der Waals surface area contributed by atoms with E-state index in [1.54, 1.807) is 6.08 Å². The van der Waals surface area contributed by atoms with Gasteiger partial charge in [0.2, 0.25) is 5.91 Å². The summed E-state index contributed by atoms with van der Waals surface area (Å²) in [5.41, 5.74) is 0. The van der Waals surface area contributed by atoms with E-state index in [-0.39, 0.29) is 5.91 Å². The number of carbonyl (C=O) groups is 1. The van der Waals surface area contributed by atoms with Crippen molar-refractivity contribution in [1.82, 2.24) is 5.32 Å². The number of nitrogens with one attached hydrogen (secondary N) is 1. The second-order valence-corrected chi connectivity index (χ2v) is 2.89. The zero-order valence-electron chi connectivity index (χ0n) is 7.55. The summed E-state index contributed by atoms with van der Waals surface area (Å²) >= 11 is 0. The minimum Gasteiger partial charge on any atom is -0.353 e. The number of allylic oxidation sites excluding steroid dienone is 1. The van der Waals surface area contributed by atoms with Crippen molar-refractivity contribution in [2.24, 2.45) is 5.92 Å². The molecule has 0 aliphatic heterocycles. The first-order chi connectivity index (χ1) is 5.16. The minimum atomic E-state index is 0.0144. The highest BCUT2D eigenvalue weighted by Gasteiger charge is 1.92. The van der Waals surface area contributed by atoms with Gasteiger partial charge in [0.05, 0.1) is 0 Å². The van der Waals surface area contributed by atoms with Crippen LogP contribution in [0.4, 0.5) is 0 Å². The van der Waals surface area contributed by atoms with Crippen LogP contribution in [0, 0.1) is 5.92 Å². The molecule has 2 heteroatoms. The van der Waals surface area contributed by atoms with Crippen LogP contribution in [0.1, 0.15) is 27.2 Å². The smallest absolute Gasteiger partial charge is 0.243 e. The van der Waals surface area contributed by atoms with Crippen LogP contribution in [0.3, 0.4) is 0 Å². The molecule has 1 N–H and O–H groups in total. The molecule has 0 saturated carbocycles. The molecular weight excluding hydrogens is 138 g/mol. The molecular formula is C9H17NO. The zero-order valence-corrected chi connectivity index (χ0v) is 7.55. The lowest BCUT2D eigenvalue weighted by atomic mass is 10.2. The summed E-state index contributed by atoms with van der Waals surface area (Å²) in [5, 5.41) is 2.76. The Kier molecular flexibility index (Phi) is 5.53. The molecule has 0 aromatic heterocycles. The monoisotopic (exact) mass is 155 g/mol. The molecule has 0 bridgehead atoms. The van der Waals surface area contributed by atoms with E-state index in [0.717, 1.165) is 13.0 Å². The maximum absolute atomic E-state index is 10.9.